The maximum atomic E-state index is 12.0. The molecule has 0 aliphatic carbocycles. The monoisotopic (exact) mass is 291 g/mol. The highest BCUT2D eigenvalue weighted by Crippen LogP contribution is 2.15. The molecule has 0 aromatic carbocycles. The van der Waals surface area contributed by atoms with Crippen molar-refractivity contribution >= 4 is 11.7 Å². The molecule has 0 atom stereocenters. The highest BCUT2D eigenvalue weighted by atomic mass is 16.1. The van der Waals surface area contributed by atoms with Crippen molar-refractivity contribution in [2.75, 3.05) is 38.0 Å². The fourth-order valence-electron chi connectivity index (χ4n) is 2.55. The molecule has 0 unspecified atom stereocenters. The molecular weight excluding hydrogens is 266 g/mol. The molecule has 1 aliphatic rings. The van der Waals surface area contributed by atoms with Gasteiger partial charge in [0.2, 0.25) is 0 Å². The van der Waals surface area contributed by atoms with Crippen LogP contribution in [0.3, 0.4) is 0 Å². The second-order valence-corrected chi connectivity index (χ2v) is 5.40. The average molecular weight is 291 g/mol. The molecular formula is C15H25N5O. The van der Waals surface area contributed by atoms with Crippen LogP contribution in [0.4, 0.5) is 5.82 Å². The van der Waals surface area contributed by atoms with Gasteiger partial charge in [-0.1, -0.05) is 6.92 Å². The molecule has 1 amide bonds. The molecule has 1 aromatic rings. The van der Waals surface area contributed by atoms with E-state index in [1.807, 2.05) is 6.92 Å². The van der Waals surface area contributed by atoms with E-state index in [0.29, 0.717) is 17.4 Å². The van der Waals surface area contributed by atoms with Crippen LogP contribution in [0.2, 0.25) is 0 Å². The van der Waals surface area contributed by atoms with Gasteiger partial charge in [-0.3, -0.25) is 4.79 Å². The predicted octanol–water partition coefficient (Wildman–Crippen LogP) is 1.37. The van der Waals surface area contributed by atoms with Crippen molar-refractivity contribution in [3.8, 4) is 0 Å². The van der Waals surface area contributed by atoms with Crippen LogP contribution in [0, 0.1) is 5.92 Å². The van der Waals surface area contributed by atoms with Crippen molar-refractivity contribution in [3.63, 3.8) is 0 Å². The highest BCUT2D eigenvalue weighted by molar-refractivity contribution is 5.91. The molecule has 1 saturated heterocycles. The Bertz CT molecular complexity index is 440. The van der Waals surface area contributed by atoms with E-state index >= 15 is 0 Å². The minimum atomic E-state index is -0.136. The number of carbonyl (C=O) groups is 1. The average Bonchev–Trinajstić information content (AvgIpc) is 2.54. The Hall–Kier alpha value is -1.69. The molecule has 1 aromatic heterocycles. The maximum absolute atomic E-state index is 12.0. The van der Waals surface area contributed by atoms with Crippen LogP contribution in [0.15, 0.2) is 12.4 Å². The first-order valence-corrected chi connectivity index (χ1v) is 7.79. The van der Waals surface area contributed by atoms with Crippen LogP contribution >= 0.6 is 0 Å². The molecule has 0 radical (unpaired) electrons. The van der Waals surface area contributed by atoms with Crippen LogP contribution in [-0.2, 0) is 0 Å². The fraction of sp³-hybridized carbons (Fsp3) is 0.667. The molecule has 2 heterocycles. The van der Waals surface area contributed by atoms with Crippen molar-refractivity contribution in [2.45, 2.75) is 26.7 Å². The van der Waals surface area contributed by atoms with Crippen molar-refractivity contribution in [1.29, 1.82) is 0 Å². The summed E-state index contributed by atoms with van der Waals surface area (Å²) in [5, 5.41) is 6.03. The molecule has 1 aliphatic heterocycles. The number of aromatic nitrogens is 2. The molecule has 116 valence electrons. The van der Waals surface area contributed by atoms with Gasteiger partial charge in [0, 0.05) is 13.1 Å². The zero-order chi connectivity index (χ0) is 15.1. The van der Waals surface area contributed by atoms with E-state index < -0.39 is 0 Å². The number of hydrogen-bond acceptors (Lipinski definition) is 5. The van der Waals surface area contributed by atoms with E-state index in [1.54, 1.807) is 6.20 Å². The number of anilines is 1. The number of likely N-dealkylation sites (tertiary alicyclic amines) is 1. The van der Waals surface area contributed by atoms with Gasteiger partial charge < -0.3 is 15.5 Å². The fourth-order valence-corrected chi connectivity index (χ4v) is 2.55. The normalized spacial score (nSPS) is 16.7. The van der Waals surface area contributed by atoms with Crippen molar-refractivity contribution in [1.82, 2.24) is 20.2 Å². The minimum Gasteiger partial charge on any atom is -0.369 e. The summed E-state index contributed by atoms with van der Waals surface area (Å²) < 4.78 is 0. The van der Waals surface area contributed by atoms with Crippen LogP contribution in [0.1, 0.15) is 37.2 Å². The van der Waals surface area contributed by atoms with E-state index in [9.17, 15) is 4.79 Å². The van der Waals surface area contributed by atoms with E-state index in [-0.39, 0.29) is 5.91 Å². The van der Waals surface area contributed by atoms with E-state index in [1.165, 1.54) is 6.20 Å². The molecule has 2 rings (SSSR count). The number of rotatable bonds is 6. The van der Waals surface area contributed by atoms with Crippen LogP contribution in [0.25, 0.3) is 0 Å². The van der Waals surface area contributed by atoms with E-state index in [2.05, 4.69) is 32.4 Å². The van der Waals surface area contributed by atoms with Crippen LogP contribution in [0.5, 0.6) is 0 Å². The first kappa shape index (κ1) is 15.7. The smallest absolute Gasteiger partial charge is 0.271 e. The number of hydrogen-bond donors (Lipinski definition) is 2. The Morgan fingerprint density at radius 1 is 1.29 bits per heavy atom. The number of nitrogens with zero attached hydrogens (tertiary/aromatic N) is 3. The number of piperidine rings is 1. The quantitative estimate of drug-likeness (QED) is 0.828. The predicted molar refractivity (Wildman–Crippen MR) is 83.4 cm³/mol. The van der Waals surface area contributed by atoms with Gasteiger partial charge in [-0.2, -0.15) is 0 Å². The lowest BCUT2D eigenvalue weighted by Gasteiger charge is -2.30. The van der Waals surface area contributed by atoms with Crippen molar-refractivity contribution in [3.05, 3.63) is 18.1 Å². The third-order valence-electron chi connectivity index (χ3n) is 3.95. The summed E-state index contributed by atoms with van der Waals surface area (Å²) in [5.41, 5.74) is 0.377. The third kappa shape index (κ3) is 4.67. The Morgan fingerprint density at radius 2 is 2.05 bits per heavy atom. The van der Waals surface area contributed by atoms with E-state index in [4.69, 9.17) is 0 Å². The SMILES string of the molecule is CCNc1cnc(C(=O)NCC2CCN(CC)CC2)cn1. The summed E-state index contributed by atoms with van der Waals surface area (Å²) in [6.45, 7) is 9.09. The van der Waals surface area contributed by atoms with E-state index in [0.717, 1.165) is 45.6 Å². The van der Waals surface area contributed by atoms with Gasteiger partial charge in [0.25, 0.3) is 5.91 Å². The summed E-state index contributed by atoms with van der Waals surface area (Å²) in [6.07, 6.45) is 5.42. The lowest BCUT2D eigenvalue weighted by molar-refractivity contribution is 0.0931. The molecule has 6 heteroatoms. The molecule has 6 nitrogen and oxygen atoms in total. The lowest BCUT2D eigenvalue weighted by atomic mass is 9.97. The Labute approximate surface area is 126 Å². The largest absolute Gasteiger partial charge is 0.369 e. The lowest BCUT2D eigenvalue weighted by Crippen LogP contribution is -2.38. The van der Waals surface area contributed by atoms with Gasteiger partial charge in [0.05, 0.1) is 12.4 Å². The zero-order valence-corrected chi connectivity index (χ0v) is 12.9. The van der Waals surface area contributed by atoms with Crippen LogP contribution in [-0.4, -0.2) is 53.5 Å². The second-order valence-electron chi connectivity index (χ2n) is 5.40. The summed E-state index contributed by atoms with van der Waals surface area (Å²) in [6, 6.07) is 0. The topological polar surface area (TPSA) is 70.2 Å². The molecule has 21 heavy (non-hydrogen) atoms. The third-order valence-corrected chi connectivity index (χ3v) is 3.95. The highest BCUT2D eigenvalue weighted by Gasteiger charge is 2.19. The summed E-state index contributed by atoms with van der Waals surface area (Å²) in [4.78, 5) is 22.8. The molecule has 1 fully saturated rings. The van der Waals surface area contributed by atoms with Crippen molar-refractivity contribution in [2.24, 2.45) is 5.92 Å². The minimum absolute atomic E-state index is 0.136. The second kappa shape index (κ2) is 7.93. The van der Waals surface area contributed by atoms with Gasteiger partial charge in [-0.25, -0.2) is 9.97 Å². The maximum Gasteiger partial charge on any atom is 0.271 e. The Balaban J connectivity index is 1.76. The molecule has 0 bridgehead atoms. The summed E-state index contributed by atoms with van der Waals surface area (Å²) in [5.74, 6) is 1.13. The standard InChI is InChI=1S/C15H25N5O/c1-3-16-14-11-17-13(10-18-14)15(21)19-9-12-5-7-20(4-2)8-6-12/h10-12H,3-9H2,1-2H3,(H,16,18)(H,19,21). The van der Waals surface area contributed by atoms with Gasteiger partial charge in [0.15, 0.2) is 0 Å². The van der Waals surface area contributed by atoms with Crippen LogP contribution < -0.4 is 10.6 Å². The van der Waals surface area contributed by atoms with Gasteiger partial charge in [0.1, 0.15) is 11.5 Å². The number of carbonyl (C=O) groups excluding carboxylic acids is 1. The first-order chi connectivity index (χ1) is 10.2. The summed E-state index contributed by atoms with van der Waals surface area (Å²) in [7, 11) is 0. The molecule has 2 N–H and O–H groups in total. The van der Waals surface area contributed by atoms with Gasteiger partial charge >= 0.3 is 0 Å². The molecule has 0 spiro atoms. The summed E-state index contributed by atoms with van der Waals surface area (Å²) >= 11 is 0. The number of nitrogens with one attached hydrogen (secondary N) is 2. The Kier molecular flexibility index (Phi) is 5.92. The van der Waals surface area contributed by atoms with Gasteiger partial charge in [-0.15, -0.1) is 0 Å². The Morgan fingerprint density at radius 3 is 2.62 bits per heavy atom. The first-order valence-electron chi connectivity index (χ1n) is 7.79. The van der Waals surface area contributed by atoms with Gasteiger partial charge in [-0.05, 0) is 45.3 Å². The number of amides is 1. The zero-order valence-electron chi connectivity index (χ0n) is 12.9. The molecule has 0 saturated carbocycles. The van der Waals surface area contributed by atoms with Crippen molar-refractivity contribution < 1.29 is 4.79 Å².